The lowest BCUT2D eigenvalue weighted by Gasteiger charge is -2.17. The Morgan fingerprint density at radius 1 is 0.700 bits per heavy atom. The average molecular weight is 398 g/mol. The molecule has 0 amide bonds. The van der Waals surface area contributed by atoms with E-state index in [0.717, 1.165) is 34.4 Å². The highest BCUT2D eigenvalue weighted by molar-refractivity contribution is 5.80. The molecular formula is C27H31N3. The Labute approximate surface area is 179 Å². The van der Waals surface area contributed by atoms with Gasteiger partial charge in [-0.2, -0.15) is 0 Å². The van der Waals surface area contributed by atoms with Crippen LogP contribution < -0.4 is 0 Å². The van der Waals surface area contributed by atoms with E-state index in [1.807, 2.05) is 24.3 Å². The van der Waals surface area contributed by atoms with Gasteiger partial charge < -0.3 is 0 Å². The van der Waals surface area contributed by atoms with Gasteiger partial charge in [-0.1, -0.05) is 52.8 Å². The molecule has 4 aromatic rings. The highest BCUT2D eigenvalue weighted by Crippen LogP contribution is 2.30. The Morgan fingerprint density at radius 2 is 1.37 bits per heavy atom. The van der Waals surface area contributed by atoms with Crippen LogP contribution in [0.2, 0.25) is 0 Å². The molecule has 3 nitrogen and oxygen atoms in total. The van der Waals surface area contributed by atoms with Crippen LogP contribution in [0.15, 0.2) is 48.5 Å². The minimum Gasteiger partial charge on any atom is -0.252 e. The number of benzene rings is 2. The van der Waals surface area contributed by atoms with Gasteiger partial charge in [0.2, 0.25) is 0 Å². The molecule has 0 aliphatic rings. The van der Waals surface area contributed by atoms with Crippen molar-refractivity contribution in [1.29, 1.82) is 0 Å². The van der Waals surface area contributed by atoms with Crippen molar-refractivity contribution in [2.75, 3.05) is 0 Å². The summed E-state index contributed by atoms with van der Waals surface area (Å²) < 4.78 is 0. The Morgan fingerprint density at radius 3 is 2.03 bits per heavy atom. The van der Waals surface area contributed by atoms with Crippen LogP contribution in [0.3, 0.4) is 0 Å². The van der Waals surface area contributed by atoms with Gasteiger partial charge in [-0.15, -0.1) is 0 Å². The third-order valence-corrected chi connectivity index (χ3v) is 5.90. The SMILES string of the molecule is Cc1nc2ccccc2nc1C(C)Cc1ccc2nc(C(C)C)c(C(C)C)cc2c1. The lowest BCUT2D eigenvalue weighted by atomic mass is 9.92. The summed E-state index contributed by atoms with van der Waals surface area (Å²) in [6, 6.07) is 17.1. The summed E-state index contributed by atoms with van der Waals surface area (Å²) in [6.45, 7) is 13.3. The number of nitrogens with zero attached hydrogens (tertiary/aromatic N) is 3. The van der Waals surface area contributed by atoms with Gasteiger partial charge >= 0.3 is 0 Å². The van der Waals surface area contributed by atoms with Gasteiger partial charge in [0.1, 0.15) is 0 Å². The number of fused-ring (bicyclic) bond motifs is 2. The first-order valence-corrected chi connectivity index (χ1v) is 11.0. The predicted molar refractivity (Wildman–Crippen MR) is 126 cm³/mol. The Kier molecular flexibility index (Phi) is 5.55. The predicted octanol–water partition coefficient (Wildman–Crippen LogP) is 7.08. The molecule has 4 rings (SSSR count). The first-order chi connectivity index (χ1) is 14.3. The second-order valence-corrected chi connectivity index (χ2v) is 9.09. The molecule has 2 aromatic carbocycles. The minimum atomic E-state index is 0.298. The van der Waals surface area contributed by atoms with E-state index in [1.54, 1.807) is 0 Å². The molecule has 0 aliphatic carbocycles. The van der Waals surface area contributed by atoms with Gasteiger partial charge in [0.25, 0.3) is 0 Å². The molecule has 0 saturated carbocycles. The summed E-state index contributed by atoms with van der Waals surface area (Å²) in [5, 5.41) is 1.23. The van der Waals surface area contributed by atoms with E-state index < -0.39 is 0 Å². The molecular weight excluding hydrogens is 366 g/mol. The smallest absolute Gasteiger partial charge is 0.0890 e. The quantitative estimate of drug-likeness (QED) is 0.361. The van der Waals surface area contributed by atoms with Crippen LogP contribution in [-0.2, 0) is 6.42 Å². The van der Waals surface area contributed by atoms with Crippen LogP contribution in [0.4, 0.5) is 0 Å². The topological polar surface area (TPSA) is 38.7 Å². The summed E-state index contributed by atoms with van der Waals surface area (Å²) in [5.41, 5.74) is 9.02. The van der Waals surface area contributed by atoms with E-state index in [2.05, 4.69) is 65.8 Å². The fourth-order valence-corrected chi connectivity index (χ4v) is 4.33. The van der Waals surface area contributed by atoms with E-state index in [-0.39, 0.29) is 0 Å². The number of hydrogen-bond acceptors (Lipinski definition) is 3. The molecule has 3 heteroatoms. The highest BCUT2D eigenvalue weighted by Gasteiger charge is 2.16. The summed E-state index contributed by atoms with van der Waals surface area (Å²) in [7, 11) is 0. The molecule has 0 aliphatic heterocycles. The van der Waals surface area contributed by atoms with Crippen molar-refractivity contribution < 1.29 is 0 Å². The maximum atomic E-state index is 5.00. The van der Waals surface area contributed by atoms with Gasteiger partial charge in [0.05, 0.1) is 27.9 Å². The molecule has 2 heterocycles. The monoisotopic (exact) mass is 397 g/mol. The van der Waals surface area contributed by atoms with E-state index in [0.29, 0.717) is 17.8 Å². The number of hydrogen-bond donors (Lipinski definition) is 0. The van der Waals surface area contributed by atoms with Crippen LogP contribution in [0.25, 0.3) is 21.9 Å². The molecule has 2 aromatic heterocycles. The molecule has 0 spiro atoms. The van der Waals surface area contributed by atoms with Crippen molar-refractivity contribution in [3.05, 3.63) is 76.7 Å². The molecule has 154 valence electrons. The summed E-state index contributed by atoms with van der Waals surface area (Å²) >= 11 is 0. The molecule has 1 unspecified atom stereocenters. The van der Waals surface area contributed by atoms with Crippen LogP contribution >= 0.6 is 0 Å². The molecule has 0 saturated heterocycles. The Bertz CT molecular complexity index is 1210. The zero-order valence-corrected chi connectivity index (χ0v) is 18.9. The van der Waals surface area contributed by atoms with E-state index in [4.69, 9.17) is 15.0 Å². The largest absolute Gasteiger partial charge is 0.252 e. The third kappa shape index (κ3) is 3.94. The van der Waals surface area contributed by atoms with Crippen molar-refractivity contribution in [3.63, 3.8) is 0 Å². The number of rotatable bonds is 5. The van der Waals surface area contributed by atoms with Gasteiger partial charge in [0, 0.05) is 17.0 Å². The second kappa shape index (κ2) is 8.14. The molecule has 0 radical (unpaired) electrons. The van der Waals surface area contributed by atoms with Gasteiger partial charge in [-0.05, 0) is 66.6 Å². The molecule has 0 bridgehead atoms. The van der Waals surface area contributed by atoms with Crippen molar-refractivity contribution in [2.45, 2.75) is 65.7 Å². The van der Waals surface area contributed by atoms with Crippen molar-refractivity contribution in [1.82, 2.24) is 15.0 Å². The van der Waals surface area contributed by atoms with Gasteiger partial charge in [-0.3, -0.25) is 4.98 Å². The first kappa shape index (κ1) is 20.5. The minimum absolute atomic E-state index is 0.298. The zero-order chi connectivity index (χ0) is 21.4. The van der Waals surface area contributed by atoms with E-state index >= 15 is 0 Å². The Balaban J connectivity index is 1.68. The number of aryl methyl sites for hydroxylation is 1. The Hall–Kier alpha value is -2.81. The lowest BCUT2D eigenvalue weighted by molar-refractivity contribution is 0.721. The average Bonchev–Trinajstić information content (AvgIpc) is 2.72. The van der Waals surface area contributed by atoms with Gasteiger partial charge in [0.15, 0.2) is 0 Å². The normalized spacial score (nSPS) is 12.9. The van der Waals surface area contributed by atoms with Gasteiger partial charge in [-0.25, -0.2) is 9.97 Å². The van der Waals surface area contributed by atoms with Crippen molar-refractivity contribution in [2.24, 2.45) is 0 Å². The fraction of sp³-hybridized carbons (Fsp3) is 0.370. The van der Waals surface area contributed by atoms with E-state index in [9.17, 15) is 0 Å². The third-order valence-electron chi connectivity index (χ3n) is 5.90. The molecule has 1 atom stereocenters. The zero-order valence-electron chi connectivity index (χ0n) is 18.9. The van der Waals surface area contributed by atoms with E-state index in [1.165, 1.54) is 22.2 Å². The maximum absolute atomic E-state index is 5.00. The standard InChI is InChI=1S/C27H31N3/c1-16(2)22-15-21-14-20(11-12-23(21)29-26(22)17(3)4)13-18(5)27-19(6)28-24-9-7-8-10-25(24)30-27/h7-12,14-18H,13H2,1-6H3. The summed E-state index contributed by atoms with van der Waals surface area (Å²) in [4.78, 5) is 14.7. The van der Waals surface area contributed by atoms with Crippen LogP contribution in [0.1, 0.15) is 80.6 Å². The van der Waals surface area contributed by atoms with Crippen molar-refractivity contribution in [3.8, 4) is 0 Å². The van der Waals surface area contributed by atoms with Crippen LogP contribution in [0, 0.1) is 6.92 Å². The highest BCUT2D eigenvalue weighted by atomic mass is 14.8. The number of para-hydroxylation sites is 2. The van der Waals surface area contributed by atoms with Crippen LogP contribution in [-0.4, -0.2) is 15.0 Å². The number of aromatic nitrogens is 3. The van der Waals surface area contributed by atoms with Crippen molar-refractivity contribution >= 4 is 21.9 Å². The molecule has 30 heavy (non-hydrogen) atoms. The summed E-state index contributed by atoms with van der Waals surface area (Å²) in [5.74, 6) is 1.20. The first-order valence-electron chi connectivity index (χ1n) is 11.0. The number of pyridine rings is 1. The lowest BCUT2D eigenvalue weighted by Crippen LogP contribution is -2.06. The van der Waals surface area contributed by atoms with Crippen LogP contribution in [0.5, 0.6) is 0 Å². The maximum Gasteiger partial charge on any atom is 0.0890 e. The molecule has 0 fully saturated rings. The second-order valence-electron chi connectivity index (χ2n) is 9.09. The summed E-state index contributed by atoms with van der Waals surface area (Å²) in [6.07, 6.45) is 0.937. The molecule has 0 N–H and O–H groups in total. The fourth-order valence-electron chi connectivity index (χ4n) is 4.33.